The van der Waals surface area contributed by atoms with Gasteiger partial charge in [0.2, 0.25) is 0 Å². The number of nitrogens with two attached hydrogens (primary N) is 1. The summed E-state index contributed by atoms with van der Waals surface area (Å²) in [6, 6.07) is 10.8. The number of hydrogen-bond donors (Lipinski definition) is 2. The van der Waals surface area contributed by atoms with Crippen molar-refractivity contribution in [2.75, 3.05) is 5.73 Å². The number of phenolic OH excluding ortho intramolecular Hbond substituents is 1. The van der Waals surface area contributed by atoms with Crippen LogP contribution in [0.3, 0.4) is 0 Å². The third-order valence-electron chi connectivity index (χ3n) is 2.74. The van der Waals surface area contributed by atoms with Gasteiger partial charge >= 0.3 is 0 Å². The third-order valence-corrected chi connectivity index (χ3v) is 2.74. The molecule has 0 amide bonds. The molecule has 2 heterocycles. The van der Waals surface area contributed by atoms with E-state index in [0.29, 0.717) is 17.9 Å². The van der Waals surface area contributed by atoms with Crippen molar-refractivity contribution in [3.05, 3.63) is 54.0 Å². The quantitative estimate of drug-likeness (QED) is 0.713. The zero-order chi connectivity index (χ0) is 12.5. The SMILES string of the molecule is Nc1ccc2nc(Cc3ccccc3O)nn2c1. The molecule has 0 radical (unpaired) electrons. The molecule has 0 unspecified atom stereocenters. The molecule has 0 saturated carbocycles. The molecule has 3 rings (SSSR count). The van der Waals surface area contributed by atoms with Crippen molar-refractivity contribution in [2.45, 2.75) is 6.42 Å². The van der Waals surface area contributed by atoms with Gasteiger partial charge in [-0.2, -0.15) is 5.10 Å². The lowest BCUT2D eigenvalue weighted by Gasteiger charge is -1.99. The molecule has 5 heteroatoms. The summed E-state index contributed by atoms with van der Waals surface area (Å²) < 4.78 is 1.64. The molecule has 2 aromatic heterocycles. The fraction of sp³-hybridized carbons (Fsp3) is 0.0769. The number of aromatic nitrogens is 3. The summed E-state index contributed by atoms with van der Waals surface area (Å²) in [5.41, 5.74) is 7.87. The van der Waals surface area contributed by atoms with Crippen LogP contribution in [0, 0.1) is 0 Å². The van der Waals surface area contributed by atoms with Gasteiger partial charge in [-0.3, -0.25) is 0 Å². The summed E-state index contributed by atoms with van der Waals surface area (Å²) in [6.07, 6.45) is 2.21. The van der Waals surface area contributed by atoms with Gasteiger partial charge in [0.15, 0.2) is 11.5 Å². The van der Waals surface area contributed by atoms with E-state index in [2.05, 4.69) is 10.1 Å². The van der Waals surface area contributed by atoms with Gasteiger partial charge in [-0.15, -0.1) is 0 Å². The highest BCUT2D eigenvalue weighted by molar-refractivity contribution is 5.46. The highest BCUT2D eigenvalue weighted by atomic mass is 16.3. The van der Waals surface area contributed by atoms with Crippen LogP contribution in [0.1, 0.15) is 11.4 Å². The first-order chi connectivity index (χ1) is 8.72. The smallest absolute Gasteiger partial charge is 0.156 e. The van der Waals surface area contributed by atoms with Gasteiger partial charge in [-0.05, 0) is 18.2 Å². The second-order valence-electron chi connectivity index (χ2n) is 4.10. The molecule has 0 aliphatic carbocycles. The molecule has 0 fully saturated rings. The van der Waals surface area contributed by atoms with Crippen molar-refractivity contribution in [3.8, 4) is 5.75 Å². The number of hydrogen-bond acceptors (Lipinski definition) is 4. The van der Waals surface area contributed by atoms with Gasteiger partial charge in [0.05, 0.1) is 11.9 Å². The lowest BCUT2D eigenvalue weighted by molar-refractivity contribution is 0.469. The number of phenols is 1. The van der Waals surface area contributed by atoms with Crippen LogP contribution in [0.15, 0.2) is 42.6 Å². The predicted octanol–water partition coefficient (Wildman–Crippen LogP) is 1.61. The molecular weight excluding hydrogens is 228 g/mol. The number of para-hydroxylation sites is 1. The molecule has 0 bridgehead atoms. The fourth-order valence-corrected chi connectivity index (χ4v) is 1.85. The van der Waals surface area contributed by atoms with Crippen molar-refractivity contribution in [3.63, 3.8) is 0 Å². The Balaban J connectivity index is 1.98. The first-order valence-corrected chi connectivity index (χ1v) is 5.60. The Morgan fingerprint density at radius 2 is 2.00 bits per heavy atom. The van der Waals surface area contributed by atoms with E-state index >= 15 is 0 Å². The highest BCUT2D eigenvalue weighted by Crippen LogP contribution is 2.18. The summed E-state index contributed by atoms with van der Waals surface area (Å²) in [6.45, 7) is 0. The minimum absolute atomic E-state index is 0.260. The Morgan fingerprint density at radius 1 is 1.17 bits per heavy atom. The lowest BCUT2D eigenvalue weighted by atomic mass is 10.1. The maximum Gasteiger partial charge on any atom is 0.156 e. The first-order valence-electron chi connectivity index (χ1n) is 5.60. The average molecular weight is 240 g/mol. The van der Waals surface area contributed by atoms with Crippen LogP contribution in [0.25, 0.3) is 5.65 Å². The Hall–Kier alpha value is -2.56. The van der Waals surface area contributed by atoms with E-state index in [1.54, 1.807) is 28.9 Å². The topological polar surface area (TPSA) is 76.4 Å². The number of pyridine rings is 1. The number of anilines is 1. The van der Waals surface area contributed by atoms with Crippen LogP contribution in [-0.2, 0) is 6.42 Å². The van der Waals surface area contributed by atoms with Gasteiger partial charge in [0.1, 0.15) is 5.75 Å². The van der Waals surface area contributed by atoms with Crippen LogP contribution in [-0.4, -0.2) is 19.7 Å². The molecule has 3 aromatic rings. The second kappa shape index (κ2) is 4.03. The maximum atomic E-state index is 9.71. The van der Waals surface area contributed by atoms with Crippen LogP contribution < -0.4 is 5.73 Å². The van der Waals surface area contributed by atoms with E-state index in [-0.39, 0.29) is 5.75 Å². The fourth-order valence-electron chi connectivity index (χ4n) is 1.85. The molecule has 0 spiro atoms. The van der Waals surface area contributed by atoms with Crippen molar-refractivity contribution in [1.82, 2.24) is 14.6 Å². The summed E-state index contributed by atoms with van der Waals surface area (Å²) in [5, 5.41) is 14.0. The summed E-state index contributed by atoms with van der Waals surface area (Å²) >= 11 is 0. The van der Waals surface area contributed by atoms with E-state index < -0.39 is 0 Å². The van der Waals surface area contributed by atoms with E-state index in [9.17, 15) is 5.11 Å². The molecule has 18 heavy (non-hydrogen) atoms. The molecule has 90 valence electrons. The molecule has 1 aromatic carbocycles. The number of aromatic hydroxyl groups is 1. The number of fused-ring (bicyclic) bond motifs is 1. The predicted molar refractivity (Wildman–Crippen MR) is 68.3 cm³/mol. The van der Waals surface area contributed by atoms with Crippen molar-refractivity contribution >= 4 is 11.3 Å². The molecule has 0 saturated heterocycles. The summed E-state index contributed by atoms with van der Waals surface area (Å²) in [7, 11) is 0. The lowest BCUT2D eigenvalue weighted by Crippen LogP contribution is -1.93. The van der Waals surface area contributed by atoms with Gasteiger partial charge < -0.3 is 10.8 Å². The minimum Gasteiger partial charge on any atom is -0.508 e. The van der Waals surface area contributed by atoms with E-state index in [1.807, 2.05) is 18.2 Å². The van der Waals surface area contributed by atoms with E-state index in [1.165, 1.54) is 0 Å². The third kappa shape index (κ3) is 1.86. The molecular formula is C13H12N4O. The normalized spacial score (nSPS) is 10.9. The van der Waals surface area contributed by atoms with Crippen LogP contribution >= 0.6 is 0 Å². The monoisotopic (exact) mass is 240 g/mol. The van der Waals surface area contributed by atoms with E-state index in [4.69, 9.17) is 5.73 Å². The average Bonchev–Trinajstić information content (AvgIpc) is 2.73. The number of nitrogen functional groups attached to an aromatic ring is 1. The van der Waals surface area contributed by atoms with Crippen LogP contribution in [0.2, 0.25) is 0 Å². The highest BCUT2D eigenvalue weighted by Gasteiger charge is 2.07. The van der Waals surface area contributed by atoms with Gasteiger partial charge in [-0.25, -0.2) is 9.50 Å². The van der Waals surface area contributed by atoms with Crippen molar-refractivity contribution < 1.29 is 5.11 Å². The van der Waals surface area contributed by atoms with Crippen molar-refractivity contribution in [1.29, 1.82) is 0 Å². The number of nitrogens with zero attached hydrogens (tertiary/aromatic N) is 3. The molecule has 0 atom stereocenters. The molecule has 0 aliphatic rings. The van der Waals surface area contributed by atoms with Gasteiger partial charge in [0, 0.05) is 12.0 Å². The Morgan fingerprint density at radius 3 is 2.83 bits per heavy atom. The Labute approximate surface area is 104 Å². The van der Waals surface area contributed by atoms with E-state index in [0.717, 1.165) is 11.2 Å². The second-order valence-corrected chi connectivity index (χ2v) is 4.10. The largest absolute Gasteiger partial charge is 0.508 e. The minimum atomic E-state index is 0.260. The van der Waals surface area contributed by atoms with Crippen molar-refractivity contribution in [2.24, 2.45) is 0 Å². The standard InChI is InChI=1S/C13H12N4O/c14-10-5-6-13-15-12(16-17(13)8-10)7-9-3-1-2-4-11(9)18/h1-6,8,18H,7,14H2. The Kier molecular flexibility index (Phi) is 2.37. The first kappa shape index (κ1) is 10.6. The maximum absolute atomic E-state index is 9.71. The van der Waals surface area contributed by atoms with Crippen LogP contribution in [0.4, 0.5) is 5.69 Å². The van der Waals surface area contributed by atoms with Gasteiger partial charge in [0.25, 0.3) is 0 Å². The summed E-state index contributed by atoms with van der Waals surface area (Å²) in [5.74, 6) is 0.915. The summed E-state index contributed by atoms with van der Waals surface area (Å²) in [4.78, 5) is 4.38. The number of benzene rings is 1. The van der Waals surface area contributed by atoms with Crippen LogP contribution in [0.5, 0.6) is 5.75 Å². The molecule has 0 aliphatic heterocycles. The Bertz CT molecular complexity index is 705. The molecule has 5 nitrogen and oxygen atoms in total. The number of rotatable bonds is 2. The van der Waals surface area contributed by atoms with Gasteiger partial charge in [-0.1, -0.05) is 18.2 Å². The zero-order valence-corrected chi connectivity index (χ0v) is 9.61. The molecule has 3 N–H and O–H groups in total. The zero-order valence-electron chi connectivity index (χ0n) is 9.61.